The molecule has 0 radical (unpaired) electrons. The van der Waals surface area contributed by atoms with E-state index in [0.29, 0.717) is 33.2 Å². The minimum Gasteiger partial charge on any atom is -0.367 e. The second kappa shape index (κ2) is 15.1. The molecule has 1 aliphatic carbocycles. The third-order valence-electron chi connectivity index (χ3n) is 7.90. The second-order valence-corrected chi connectivity index (χ2v) is 13.0. The van der Waals surface area contributed by atoms with Crippen molar-refractivity contribution in [1.82, 2.24) is 19.1 Å². The van der Waals surface area contributed by atoms with Gasteiger partial charge in [0.1, 0.15) is 6.10 Å². The molecule has 0 amide bonds. The van der Waals surface area contributed by atoms with E-state index >= 15 is 0 Å². The van der Waals surface area contributed by atoms with Gasteiger partial charge in [-0.1, -0.05) is 100 Å². The predicted octanol–water partition coefficient (Wildman–Crippen LogP) is 10.7. The van der Waals surface area contributed by atoms with Crippen LogP contribution in [0.25, 0.3) is 0 Å². The van der Waals surface area contributed by atoms with Crippen LogP contribution < -0.4 is 0 Å². The van der Waals surface area contributed by atoms with Gasteiger partial charge in [0.2, 0.25) is 0 Å². The number of aromatic nitrogens is 4. The number of hydrogen-bond donors (Lipinski definition) is 0. The SMILES string of the molecule is Clc1cc(Cl)c2c(c1)CCc1ccccc1C2n1ccnc1.Clc1ccc(COC(Cn2ccnc2)c2ccc(Cl)cc2Cl)cc1. The number of fused-ring (bicyclic) bond motifs is 2. The lowest BCUT2D eigenvalue weighted by Gasteiger charge is -2.23. The molecule has 0 spiro atoms. The summed E-state index contributed by atoms with van der Waals surface area (Å²) < 4.78 is 10.2. The third kappa shape index (κ3) is 7.80. The minimum absolute atomic E-state index is 0.0426. The summed E-state index contributed by atoms with van der Waals surface area (Å²) in [7, 11) is 0. The smallest absolute Gasteiger partial charge is 0.102 e. The van der Waals surface area contributed by atoms with Gasteiger partial charge in [-0.2, -0.15) is 0 Å². The van der Waals surface area contributed by atoms with Gasteiger partial charge in [-0.05, 0) is 71.5 Å². The van der Waals surface area contributed by atoms with Gasteiger partial charge in [-0.15, -0.1) is 0 Å². The molecule has 234 valence electrons. The van der Waals surface area contributed by atoms with Crippen LogP contribution in [0.3, 0.4) is 0 Å². The first-order chi connectivity index (χ1) is 22.4. The predicted molar refractivity (Wildman–Crippen MR) is 187 cm³/mol. The van der Waals surface area contributed by atoms with Gasteiger partial charge in [0.05, 0.1) is 31.8 Å². The van der Waals surface area contributed by atoms with E-state index in [2.05, 4.69) is 38.8 Å². The first kappa shape index (κ1) is 32.6. The van der Waals surface area contributed by atoms with Gasteiger partial charge in [-0.25, -0.2) is 9.97 Å². The Balaban J connectivity index is 0.000000162. The Hall–Kier alpha value is -3.29. The van der Waals surface area contributed by atoms with Crippen molar-refractivity contribution < 1.29 is 4.74 Å². The molecule has 0 saturated heterocycles. The van der Waals surface area contributed by atoms with Crippen molar-refractivity contribution in [3.8, 4) is 0 Å². The lowest BCUT2D eigenvalue weighted by Crippen LogP contribution is -2.13. The van der Waals surface area contributed by atoms with Crippen LogP contribution in [0.1, 0.15) is 45.5 Å². The Bertz CT molecular complexity index is 1890. The molecule has 0 N–H and O–H groups in total. The Morgan fingerprint density at radius 1 is 0.717 bits per heavy atom. The van der Waals surface area contributed by atoms with Crippen LogP contribution in [0.4, 0.5) is 0 Å². The summed E-state index contributed by atoms with van der Waals surface area (Å²) >= 11 is 31.1. The van der Waals surface area contributed by atoms with Crippen molar-refractivity contribution in [3.05, 3.63) is 175 Å². The number of ether oxygens (including phenoxy) is 1. The molecule has 2 heterocycles. The van der Waals surface area contributed by atoms with Gasteiger partial charge >= 0.3 is 0 Å². The molecule has 2 unspecified atom stereocenters. The van der Waals surface area contributed by atoms with Gasteiger partial charge in [-0.3, -0.25) is 0 Å². The maximum absolute atomic E-state index is 6.58. The number of aryl methyl sites for hydroxylation is 2. The number of nitrogens with zero attached hydrogens (tertiary/aromatic N) is 4. The van der Waals surface area contributed by atoms with Crippen LogP contribution in [-0.4, -0.2) is 19.1 Å². The average Bonchev–Trinajstić information content (AvgIpc) is 3.74. The number of hydrogen-bond acceptors (Lipinski definition) is 3. The van der Waals surface area contributed by atoms with E-state index in [-0.39, 0.29) is 12.1 Å². The van der Waals surface area contributed by atoms with Crippen molar-refractivity contribution in [1.29, 1.82) is 0 Å². The Morgan fingerprint density at radius 2 is 1.43 bits per heavy atom. The van der Waals surface area contributed by atoms with Gasteiger partial charge in [0, 0.05) is 61.0 Å². The summed E-state index contributed by atoms with van der Waals surface area (Å²) in [6, 6.07) is 25.5. The quantitative estimate of drug-likeness (QED) is 0.166. The summed E-state index contributed by atoms with van der Waals surface area (Å²) in [6.45, 7) is 1.06. The number of rotatable bonds is 7. The van der Waals surface area contributed by atoms with E-state index in [1.807, 2.05) is 71.8 Å². The molecule has 0 fully saturated rings. The van der Waals surface area contributed by atoms with Crippen molar-refractivity contribution in [3.63, 3.8) is 0 Å². The van der Waals surface area contributed by atoms with Gasteiger partial charge < -0.3 is 13.9 Å². The number of halogens is 5. The molecule has 2 atom stereocenters. The highest BCUT2D eigenvalue weighted by Crippen LogP contribution is 2.40. The largest absolute Gasteiger partial charge is 0.367 e. The highest BCUT2D eigenvalue weighted by Gasteiger charge is 2.27. The Morgan fingerprint density at radius 3 is 2.17 bits per heavy atom. The van der Waals surface area contributed by atoms with E-state index < -0.39 is 0 Å². The molecule has 0 bridgehead atoms. The maximum Gasteiger partial charge on any atom is 0.102 e. The van der Waals surface area contributed by atoms with E-state index in [1.165, 1.54) is 16.7 Å². The zero-order chi connectivity index (χ0) is 32.0. The molecule has 1 aliphatic rings. The number of imidazole rings is 2. The Kier molecular flexibility index (Phi) is 10.7. The highest BCUT2D eigenvalue weighted by molar-refractivity contribution is 6.35. The molecule has 46 heavy (non-hydrogen) atoms. The minimum atomic E-state index is -0.223. The first-order valence-corrected chi connectivity index (χ1v) is 16.5. The molecule has 6 aromatic rings. The molecule has 4 aromatic carbocycles. The summed E-state index contributed by atoms with van der Waals surface area (Å²) in [4.78, 5) is 8.29. The topological polar surface area (TPSA) is 44.9 Å². The zero-order valence-electron chi connectivity index (χ0n) is 24.5. The molecular weight excluding hydrogens is 682 g/mol. The van der Waals surface area contributed by atoms with Crippen molar-refractivity contribution in [2.45, 2.75) is 38.1 Å². The Labute approximate surface area is 293 Å². The van der Waals surface area contributed by atoms with E-state index in [4.69, 9.17) is 62.7 Å². The van der Waals surface area contributed by atoms with Crippen molar-refractivity contribution in [2.24, 2.45) is 0 Å². The molecule has 0 saturated carbocycles. The average molecular weight is 711 g/mol. The van der Waals surface area contributed by atoms with Crippen molar-refractivity contribution >= 4 is 58.0 Å². The van der Waals surface area contributed by atoms with Crippen LogP contribution in [0.2, 0.25) is 25.1 Å². The molecule has 10 heteroatoms. The van der Waals surface area contributed by atoms with Crippen molar-refractivity contribution in [2.75, 3.05) is 0 Å². The molecule has 2 aromatic heterocycles. The normalized spacial score (nSPS) is 14.4. The van der Waals surface area contributed by atoms with Gasteiger partial charge in [0.15, 0.2) is 0 Å². The molecule has 5 nitrogen and oxygen atoms in total. The van der Waals surface area contributed by atoms with E-state index in [9.17, 15) is 0 Å². The fourth-order valence-electron chi connectivity index (χ4n) is 5.70. The lowest BCUT2D eigenvalue weighted by atomic mass is 9.94. The fourth-order valence-corrected chi connectivity index (χ4v) is 7.00. The second-order valence-electron chi connectivity index (χ2n) is 10.9. The van der Waals surface area contributed by atoms with Gasteiger partial charge in [0.25, 0.3) is 0 Å². The van der Waals surface area contributed by atoms with Crippen LogP contribution in [0.15, 0.2) is 116 Å². The molecular formula is C36H29Cl5N4O. The van der Waals surface area contributed by atoms with Crippen LogP contribution in [0, 0.1) is 0 Å². The summed E-state index contributed by atoms with van der Waals surface area (Å²) in [5.41, 5.74) is 6.92. The van der Waals surface area contributed by atoms with Crippen LogP contribution in [0.5, 0.6) is 0 Å². The zero-order valence-corrected chi connectivity index (χ0v) is 28.3. The summed E-state index contributed by atoms with van der Waals surface area (Å²) in [5, 5.41) is 3.30. The maximum atomic E-state index is 6.58. The number of benzene rings is 4. The van der Waals surface area contributed by atoms with Crippen LogP contribution >= 0.6 is 58.0 Å². The summed E-state index contributed by atoms with van der Waals surface area (Å²) in [5.74, 6) is 0. The monoisotopic (exact) mass is 708 g/mol. The first-order valence-electron chi connectivity index (χ1n) is 14.7. The third-order valence-corrected chi connectivity index (χ3v) is 9.24. The molecule has 0 aliphatic heterocycles. The van der Waals surface area contributed by atoms with Crippen LogP contribution in [-0.2, 0) is 30.7 Å². The molecule has 7 rings (SSSR count). The van der Waals surface area contributed by atoms with E-state index in [0.717, 1.165) is 34.6 Å². The lowest BCUT2D eigenvalue weighted by molar-refractivity contribution is 0.0280. The standard InChI is InChI=1S/C18H15Cl3N2O.C18H14Cl2N2/c19-14-3-1-13(2-4-14)11-24-18(10-23-8-7-22-12-23)16-6-5-15(20)9-17(16)21;19-14-9-13-6-5-12-3-1-2-4-15(12)18(17(13)16(20)10-14)22-8-7-21-11-22/h1-9,12,18H,10-11H2;1-4,7-11,18H,5-6H2. The highest BCUT2D eigenvalue weighted by atomic mass is 35.5. The fraction of sp³-hybridized carbons (Fsp3) is 0.167. The summed E-state index contributed by atoms with van der Waals surface area (Å²) in [6.07, 6.45) is 12.7. The van der Waals surface area contributed by atoms with E-state index in [1.54, 1.807) is 24.8 Å².